The van der Waals surface area contributed by atoms with E-state index in [1.165, 1.54) is 24.4 Å². The zero-order valence-corrected chi connectivity index (χ0v) is 9.80. The number of nitrogens with one attached hydrogen (secondary N) is 1. The number of nitrogens with zero attached hydrogens (tertiary/aromatic N) is 3. The first-order valence-electron chi connectivity index (χ1n) is 5.66. The summed E-state index contributed by atoms with van der Waals surface area (Å²) >= 11 is 0. The zero-order chi connectivity index (χ0) is 13.2. The van der Waals surface area contributed by atoms with Crippen LogP contribution in [0.4, 0.5) is 15.8 Å². The maximum absolute atomic E-state index is 13.2. The molecule has 1 N–H and O–H groups in total. The molecule has 0 bridgehead atoms. The van der Waals surface area contributed by atoms with Gasteiger partial charge in [0.25, 0.3) is 0 Å². The van der Waals surface area contributed by atoms with Crippen LogP contribution in [0.5, 0.6) is 0 Å². The quantitative estimate of drug-likeness (QED) is 0.849. The highest BCUT2D eigenvalue weighted by atomic mass is 19.1. The molecule has 1 aliphatic rings. The van der Waals surface area contributed by atoms with Crippen LogP contribution in [0.2, 0.25) is 0 Å². The predicted octanol–water partition coefficient (Wildman–Crippen LogP) is 2.08. The van der Waals surface area contributed by atoms with Crippen molar-refractivity contribution < 1.29 is 9.18 Å². The summed E-state index contributed by atoms with van der Waals surface area (Å²) in [7, 11) is 0. The Balaban J connectivity index is 2.11. The van der Waals surface area contributed by atoms with Gasteiger partial charge < -0.3 is 5.32 Å². The van der Waals surface area contributed by atoms with E-state index in [0.717, 1.165) is 5.56 Å². The van der Waals surface area contributed by atoms with Gasteiger partial charge in [-0.1, -0.05) is 0 Å². The molecule has 3 rings (SSSR count). The van der Waals surface area contributed by atoms with Gasteiger partial charge in [-0.25, -0.2) is 4.39 Å². The van der Waals surface area contributed by atoms with E-state index in [1.54, 1.807) is 12.3 Å². The van der Waals surface area contributed by atoms with E-state index in [1.807, 2.05) is 0 Å². The van der Waals surface area contributed by atoms with Crippen LogP contribution in [0.3, 0.4) is 0 Å². The van der Waals surface area contributed by atoms with Crippen LogP contribution in [-0.4, -0.2) is 21.8 Å². The van der Waals surface area contributed by atoms with Crippen LogP contribution in [0.25, 0.3) is 0 Å². The summed E-state index contributed by atoms with van der Waals surface area (Å²) in [4.78, 5) is 16.2. The van der Waals surface area contributed by atoms with Crippen LogP contribution in [0.1, 0.15) is 12.0 Å². The van der Waals surface area contributed by atoms with E-state index in [9.17, 15) is 9.18 Å². The standard InChI is InChI=1S/C13H9FN4O/c14-9-1-2-10-12(5-9)18-13(19)6-11(17-10)8-3-4-15-16-7-8/h1-5,7H,6H2,(H,18,19). The van der Waals surface area contributed by atoms with Gasteiger partial charge in [0.05, 0.1) is 35.9 Å². The van der Waals surface area contributed by atoms with Crippen molar-refractivity contribution in [3.63, 3.8) is 0 Å². The molecule has 5 nitrogen and oxygen atoms in total. The monoisotopic (exact) mass is 256 g/mol. The Bertz CT molecular complexity index is 670. The lowest BCUT2D eigenvalue weighted by molar-refractivity contribution is -0.115. The normalized spacial score (nSPS) is 14.2. The van der Waals surface area contributed by atoms with Gasteiger partial charge >= 0.3 is 0 Å². The predicted molar refractivity (Wildman–Crippen MR) is 67.9 cm³/mol. The lowest BCUT2D eigenvalue weighted by Crippen LogP contribution is -2.15. The molecule has 1 aromatic heterocycles. The second-order valence-electron chi connectivity index (χ2n) is 4.08. The van der Waals surface area contributed by atoms with Gasteiger partial charge in [0.2, 0.25) is 5.91 Å². The third-order valence-corrected chi connectivity index (χ3v) is 2.73. The highest BCUT2D eigenvalue weighted by Gasteiger charge is 2.17. The Morgan fingerprint density at radius 1 is 1.21 bits per heavy atom. The van der Waals surface area contributed by atoms with E-state index in [4.69, 9.17) is 0 Å². The number of aliphatic imine (C=N–C) groups is 1. The number of hydrogen-bond acceptors (Lipinski definition) is 4. The van der Waals surface area contributed by atoms with E-state index >= 15 is 0 Å². The molecule has 0 saturated carbocycles. The fourth-order valence-corrected chi connectivity index (χ4v) is 1.87. The van der Waals surface area contributed by atoms with Crippen molar-refractivity contribution in [2.24, 2.45) is 4.99 Å². The molecule has 2 aromatic rings. The number of amides is 1. The minimum absolute atomic E-state index is 0.113. The highest BCUT2D eigenvalue weighted by Crippen LogP contribution is 2.29. The van der Waals surface area contributed by atoms with Gasteiger partial charge in [-0.05, 0) is 24.3 Å². The van der Waals surface area contributed by atoms with Gasteiger partial charge in [0.15, 0.2) is 0 Å². The van der Waals surface area contributed by atoms with Gasteiger partial charge in [-0.15, -0.1) is 0 Å². The molecule has 19 heavy (non-hydrogen) atoms. The molecule has 1 aromatic carbocycles. The third-order valence-electron chi connectivity index (χ3n) is 2.73. The summed E-state index contributed by atoms with van der Waals surface area (Å²) in [5, 5.41) is 10.1. The number of benzene rings is 1. The number of carbonyl (C=O) groups is 1. The first-order valence-corrected chi connectivity index (χ1v) is 5.66. The first kappa shape index (κ1) is 11.5. The number of anilines is 1. The van der Waals surface area contributed by atoms with Crippen molar-refractivity contribution >= 4 is 23.0 Å². The molecule has 0 fully saturated rings. The average Bonchev–Trinajstić information content (AvgIpc) is 2.57. The van der Waals surface area contributed by atoms with Crippen molar-refractivity contribution in [2.45, 2.75) is 6.42 Å². The van der Waals surface area contributed by atoms with Crippen LogP contribution in [0, 0.1) is 5.82 Å². The molecule has 0 saturated heterocycles. The van der Waals surface area contributed by atoms with Crippen LogP contribution in [0.15, 0.2) is 41.7 Å². The van der Waals surface area contributed by atoms with Crippen molar-refractivity contribution in [2.75, 3.05) is 5.32 Å². The molecule has 0 radical (unpaired) electrons. The summed E-state index contributed by atoms with van der Waals surface area (Å²) in [5.74, 6) is -0.650. The SMILES string of the molecule is O=C1CC(c2ccnnc2)=Nc2ccc(F)cc2N1. The zero-order valence-electron chi connectivity index (χ0n) is 9.80. The topological polar surface area (TPSA) is 67.2 Å². The third kappa shape index (κ3) is 2.33. The second kappa shape index (κ2) is 4.56. The lowest BCUT2D eigenvalue weighted by Gasteiger charge is -2.03. The van der Waals surface area contributed by atoms with E-state index in [-0.39, 0.29) is 12.3 Å². The number of rotatable bonds is 1. The summed E-state index contributed by atoms with van der Waals surface area (Å²) in [6.07, 6.45) is 3.19. The molecule has 0 spiro atoms. The van der Waals surface area contributed by atoms with Crippen LogP contribution >= 0.6 is 0 Å². The van der Waals surface area contributed by atoms with Crippen LogP contribution in [-0.2, 0) is 4.79 Å². The Kier molecular flexibility index (Phi) is 2.75. The number of fused-ring (bicyclic) bond motifs is 1. The van der Waals surface area contributed by atoms with E-state index in [2.05, 4.69) is 20.5 Å². The smallest absolute Gasteiger partial charge is 0.230 e. The van der Waals surface area contributed by atoms with E-state index < -0.39 is 5.82 Å². The Morgan fingerprint density at radius 2 is 2.11 bits per heavy atom. The molecule has 0 aliphatic carbocycles. The van der Waals surface area contributed by atoms with Crippen molar-refractivity contribution in [3.8, 4) is 0 Å². The average molecular weight is 256 g/mol. The maximum Gasteiger partial charge on any atom is 0.230 e. The van der Waals surface area contributed by atoms with Gasteiger partial charge in [0, 0.05) is 5.56 Å². The molecule has 94 valence electrons. The first-order chi connectivity index (χ1) is 9.22. The lowest BCUT2D eigenvalue weighted by atomic mass is 10.1. The number of aromatic nitrogens is 2. The largest absolute Gasteiger partial charge is 0.324 e. The molecule has 6 heteroatoms. The van der Waals surface area contributed by atoms with Gasteiger partial charge in [0.1, 0.15) is 5.82 Å². The fourth-order valence-electron chi connectivity index (χ4n) is 1.87. The van der Waals surface area contributed by atoms with Gasteiger partial charge in [-0.3, -0.25) is 9.79 Å². The minimum Gasteiger partial charge on any atom is -0.324 e. The maximum atomic E-state index is 13.2. The minimum atomic E-state index is -0.414. The van der Waals surface area contributed by atoms with Crippen molar-refractivity contribution in [3.05, 3.63) is 48.0 Å². The Morgan fingerprint density at radius 3 is 2.89 bits per heavy atom. The number of carbonyl (C=O) groups excluding carboxylic acids is 1. The second-order valence-corrected chi connectivity index (χ2v) is 4.08. The fraction of sp³-hybridized carbons (Fsp3) is 0.0769. The van der Waals surface area contributed by atoms with Crippen molar-refractivity contribution in [1.29, 1.82) is 0 Å². The van der Waals surface area contributed by atoms with E-state index in [0.29, 0.717) is 17.1 Å². The summed E-state index contributed by atoms with van der Waals surface area (Å²) in [6.45, 7) is 0. The Hall–Kier alpha value is -2.63. The van der Waals surface area contributed by atoms with Gasteiger partial charge in [-0.2, -0.15) is 10.2 Å². The summed E-state index contributed by atoms with van der Waals surface area (Å²) in [5.41, 5.74) is 2.21. The molecule has 1 amide bonds. The molecule has 2 heterocycles. The summed E-state index contributed by atoms with van der Waals surface area (Å²) < 4.78 is 13.2. The molecule has 0 unspecified atom stereocenters. The molecule has 1 aliphatic heterocycles. The number of halogens is 1. The molecular weight excluding hydrogens is 247 g/mol. The Labute approximate surface area is 108 Å². The molecular formula is C13H9FN4O. The number of hydrogen-bond donors (Lipinski definition) is 1. The van der Waals surface area contributed by atoms with Crippen molar-refractivity contribution in [1.82, 2.24) is 10.2 Å². The molecule has 0 atom stereocenters. The highest BCUT2D eigenvalue weighted by molar-refractivity contribution is 6.16. The summed E-state index contributed by atoms with van der Waals surface area (Å²) in [6, 6.07) is 5.82. The van der Waals surface area contributed by atoms with Crippen LogP contribution < -0.4 is 5.32 Å².